The Morgan fingerprint density at radius 2 is 1.70 bits per heavy atom. The van der Waals surface area contributed by atoms with Gasteiger partial charge in [-0.05, 0) is 49.7 Å². The molecule has 184 valence electrons. The summed E-state index contributed by atoms with van der Waals surface area (Å²) in [5.74, 6) is -4.38. The van der Waals surface area contributed by atoms with Crippen LogP contribution in [0.1, 0.15) is 51.9 Å². The average Bonchev–Trinajstić information content (AvgIpc) is 2.74. The molecule has 0 aromatic heterocycles. The number of halogens is 5. The van der Waals surface area contributed by atoms with Gasteiger partial charge in [-0.3, -0.25) is 4.79 Å². The first kappa shape index (κ1) is 25.9. The van der Waals surface area contributed by atoms with Crippen molar-refractivity contribution < 1.29 is 32.7 Å². The van der Waals surface area contributed by atoms with Gasteiger partial charge in [-0.2, -0.15) is 13.2 Å². The van der Waals surface area contributed by atoms with E-state index in [-0.39, 0.29) is 18.3 Å². The fourth-order valence-electron chi connectivity index (χ4n) is 5.09. The number of hydrogen-bond donors (Lipinski definition) is 2. The zero-order valence-corrected chi connectivity index (χ0v) is 19.6. The highest BCUT2D eigenvalue weighted by atomic mass is 35.5. The van der Waals surface area contributed by atoms with Gasteiger partial charge in [0.25, 0.3) is 0 Å². The van der Waals surface area contributed by atoms with Gasteiger partial charge in [-0.1, -0.05) is 49.4 Å². The minimum Gasteiger partial charge on any atom is -0.480 e. The third-order valence-corrected chi connectivity index (χ3v) is 7.90. The monoisotopic (exact) mass is 510 g/mol. The Morgan fingerprint density at radius 1 is 1.12 bits per heavy atom. The number of nitrogens with zero attached hydrogens (tertiary/aromatic N) is 1. The van der Waals surface area contributed by atoms with Crippen molar-refractivity contribution in [2.45, 2.75) is 70.1 Å². The second-order valence-electron chi connectivity index (χ2n) is 9.04. The largest absolute Gasteiger partial charge is 0.480 e. The van der Waals surface area contributed by atoms with Crippen LogP contribution in [0.3, 0.4) is 0 Å². The second kappa shape index (κ2) is 10.3. The predicted octanol–water partition coefficient (Wildman–Crippen LogP) is 5.41. The number of alkyl halides is 3. The lowest BCUT2D eigenvalue weighted by Gasteiger charge is -2.44. The maximum absolute atomic E-state index is 13.6. The Bertz CT molecular complexity index is 855. The lowest BCUT2D eigenvalue weighted by Crippen LogP contribution is -2.69. The third kappa shape index (κ3) is 5.50. The van der Waals surface area contributed by atoms with Gasteiger partial charge in [0.2, 0.25) is 5.91 Å². The number of carbonyl (C=O) groups is 3. The van der Waals surface area contributed by atoms with Crippen LogP contribution < -0.4 is 5.32 Å². The zero-order valence-electron chi connectivity index (χ0n) is 18.1. The standard InChI is InChI=1S/C22H27Cl2F3N2O4/c1-11-13(16(24)10-9-15(11)23)7-8-14-17(20(31)32)29(19(14)30)21(33)28-18(22(25,26)27)12-5-3-2-4-6-12/h9-14,17-18H,2-8H2,1H3,(H,28,33)(H,31,32). The molecular weight excluding hydrogens is 484 g/mol. The van der Waals surface area contributed by atoms with Crippen LogP contribution in [0, 0.1) is 23.7 Å². The van der Waals surface area contributed by atoms with E-state index in [1.807, 2.05) is 12.2 Å². The van der Waals surface area contributed by atoms with Crippen molar-refractivity contribution in [1.82, 2.24) is 10.2 Å². The van der Waals surface area contributed by atoms with Gasteiger partial charge in [-0.25, -0.2) is 14.5 Å². The average molecular weight is 511 g/mol. The summed E-state index contributed by atoms with van der Waals surface area (Å²) in [5, 5.41) is 12.6. The Labute approximate surface area is 200 Å². The maximum Gasteiger partial charge on any atom is 0.408 e. The van der Waals surface area contributed by atoms with E-state index >= 15 is 0 Å². The summed E-state index contributed by atoms with van der Waals surface area (Å²) in [5.41, 5.74) is 0. The molecule has 0 aromatic carbocycles. The van der Waals surface area contributed by atoms with Crippen molar-refractivity contribution in [3.8, 4) is 0 Å². The fraction of sp³-hybridized carbons (Fsp3) is 0.682. The lowest BCUT2D eigenvalue weighted by molar-refractivity contribution is -0.173. The summed E-state index contributed by atoms with van der Waals surface area (Å²) >= 11 is 12.4. The van der Waals surface area contributed by atoms with Crippen molar-refractivity contribution in [2.75, 3.05) is 0 Å². The molecule has 6 nitrogen and oxygen atoms in total. The highest BCUT2D eigenvalue weighted by Gasteiger charge is 2.56. The van der Waals surface area contributed by atoms with Gasteiger partial charge in [0.15, 0.2) is 6.04 Å². The van der Waals surface area contributed by atoms with Crippen LogP contribution in [0.4, 0.5) is 18.0 Å². The normalized spacial score (nSPS) is 29.6. The Hall–Kier alpha value is -1.74. The number of allylic oxidation sites excluding steroid dienone is 4. The molecule has 3 aliphatic rings. The van der Waals surface area contributed by atoms with Gasteiger partial charge in [0, 0.05) is 16.0 Å². The number of aliphatic carboxylic acids is 1. The van der Waals surface area contributed by atoms with Crippen LogP contribution in [0.5, 0.6) is 0 Å². The molecule has 5 atom stereocenters. The van der Waals surface area contributed by atoms with Crippen molar-refractivity contribution in [3.63, 3.8) is 0 Å². The third-order valence-electron chi connectivity index (χ3n) is 7.02. The molecule has 1 heterocycles. The Kier molecular flexibility index (Phi) is 8.04. The molecule has 3 amide bonds. The van der Waals surface area contributed by atoms with E-state index < -0.39 is 48.0 Å². The van der Waals surface area contributed by atoms with E-state index in [0.717, 1.165) is 6.42 Å². The first-order chi connectivity index (χ1) is 15.4. The van der Waals surface area contributed by atoms with Gasteiger partial charge < -0.3 is 10.4 Å². The molecule has 11 heteroatoms. The summed E-state index contributed by atoms with van der Waals surface area (Å²) in [6, 6.07) is -4.95. The number of imide groups is 1. The summed E-state index contributed by atoms with van der Waals surface area (Å²) in [6.07, 6.45) is 1.82. The number of likely N-dealkylation sites (tertiary alicyclic amines) is 1. The molecule has 1 aliphatic heterocycles. The van der Waals surface area contributed by atoms with Crippen molar-refractivity contribution in [3.05, 3.63) is 22.2 Å². The molecule has 0 radical (unpaired) electrons. The highest BCUT2D eigenvalue weighted by Crippen LogP contribution is 2.41. The smallest absolute Gasteiger partial charge is 0.408 e. The molecule has 2 N–H and O–H groups in total. The molecule has 1 saturated heterocycles. The molecule has 1 saturated carbocycles. The van der Waals surface area contributed by atoms with Gasteiger partial charge in [0.05, 0.1) is 5.92 Å². The Morgan fingerprint density at radius 3 is 2.27 bits per heavy atom. The van der Waals surface area contributed by atoms with Crippen LogP contribution in [0.2, 0.25) is 0 Å². The van der Waals surface area contributed by atoms with Crippen LogP contribution in [0.15, 0.2) is 22.2 Å². The number of carboxylic acid groups (broad SMARTS) is 1. The van der Waals surface area contributed by atoms with E-state index in [9.17, 15) is 32.7 Å². The summed E-state index contributed by atoms with van der Waals surface area (Å²) in [6.45, 7) is 1.86. The minimum absolute atomic E-state index is 0.119. The number of urea groups is 1. The number of β-lactam (4-membered cyclic amide) rings is 1. The number of nitrogens with one attached hydrogen (secondary N) is 1. The summed E-state index contributed by atoms with van der Waals surface area (Å²) < 4.78 is 40.9. The van der Waals surface area contributed by atoms with Gasteiger partial charge in [-0.15, -0.1) is 0 Å². The molecule has 33 heavy (non-hydrogen) atoms. The summed E-state index contributed by atoms with van der Waals surface area (Å²) in [7, 11) is 0. The lowest BCUT2D eigenvalue weighted by atomic mass is 9.78. The fourth-order valence-corrected chi connectivity index (χ4v) is 5.66. The van der Waals surface area contributed by atoms with Crippen LogP contribution >= 0.6 is 23.2 Å². The quantitative estimate of drug-likeness (QED) is 0.467. The van der Waals surface area contributed by atoms with Gasteiger partial charge in [0.1, 0.15) is 6.04 Å². The summed E-state index contributed by atoms with van der Waals surface area (Å²) in [4.78, 5) is 37.5. The van der Waals surface area contributed by atoms with E-state index in [0.29, 0.717) is 47.1 Å². The second-order valence-corrected chi connectivity index (χ2v) is 9.91. The first-order valence-electron chi connectivity index (χ1n) is 11.1. The Balaban J connectivity index is 1.67. The van der Waals surface area contributed by atoms with Crippen molar-refractivity contribution in [2.24, 2.45) is 23.7 Å². The molecule has 2 aliphatic carbocycles. The van der Waals surface area contributed by atoms with Crippen LogP contribution in [-0.4, -0.2) is 46.2 Å². The zero-order chi connectivity index (χ0) is 24.5. The molecule has 3 rings (SSSR count). The first-order valence-corrected chi connectivity index (χ1v) is 11.8. The number of amides is 3. The van der Waals surface area contributed by atoms with Crippen LogP contribution in [0.25, 0.3) is 0 Å². The molecule has 5 unspecified atom stereocenters. The minimum atomic E-state index is -4.70. The number of carbonyl (C=O) groups excluding carboxylic acids is 2. The van der Waals surface area contributed by atoms with Crippen molar-refractivity contribution >= 4 is 41.1 Å². The molecule has 2 fully saturated rings. The van der Waals surface area contributed by atoms with Crippen LogP contribution in [-0.2, 0) is 9.59 Å². The van der Waals surface area contributed by atoms with Gasteiger partial charge >= 0.3 is 18.2 Å². The number of rotatable bonds is 6. The van der Waals surface area contributed by atoms with E-state index in [4.69, 9.17) is 23.2 Å². The predicted molar refractivity (Wildman–Crippen MR) is 116 cm³/mol. The van der Waals surface area contributed by atoms with E-state index in [1.54, 1.807) is 12.2 Å². The van der Waals surface area contributed by atoms with E-state index in [2.05, 4.69) is 0 Å². The highest BCUT2D eigenvalue weighted by molar-refractivity contribution is 6.32. The molecule has 0 spiro atoms. The molecular formula is C22H27Cl2F3N2O4. The maximum atomic E-state index is 13.6. The number of carboxylic acids is 1. The molecule has 0 aromatic rings. The number of hydrogen-bond acceptors (Lipinski definition) is 3. The van der Waals surface area contributed by atoms with E-state index in [1.165, 1.54) is 0 Å². The SMILES string of the molecule is CC1C(Cl)=CC=C(Cl)C1CCC1C(=O)N(C(=O)NC(C2CCCCC2)C(F)(F)F)C1C(=O)O. The topological polar surface area (TPSA) is 86.7 Å². The van der Waals surface area contributed by atoms with Crippen molar-refractivity contribution in [1.29, 1.82) is 0 Å². The molecule has 0 bridgehead atoms.